The first-order valence-electron chi connectivity index (χ1n) is 23.7. The quantitative estimate of drug-likeness (QED) is 0.111. The van der Waals surface area contributed by atoms with Crippen LogP contribution in [0.3, 0.4) is 0 Å². The van der Waals surface area contributed by atoms with E-state index < -0.39 is 0 Å². The molecule has 13 rings (SSSR count). The SMILES string of the molecule is C1=CCCC(N(c2ccccc2)c2ccc3c(-c4cc5ccccc5c5ccccc45)c4cc(N(c5ccccc5)c5ccccc5)ccc4c(-c4cc5ccccc5c5ccccc45)c3c2)=C1. The fraction of sp³-hybridized carbons (Fsp3) is 0.0303. The zero-order valence-corrected chi connectivity index (χ0v) is 37.6. The van der Waals surface area contributed by atoms with Crippen molar-refractivity contribution >= 4 is 93.1 Å². The number of anilines is 5. The molecule has 2 heteroatoms. The van der Waals surface area contributed by atoms with Crippen molar-refractivity contribution < 1.29 is 0 Å². The van der Waals surface area contributed by atoms with Gasteiger partial charge in [-0.2, -0.15) is 0 Å². The first kappa shape index (κ1) is 39.6. The third-order valence-electron chi connectivity index (χ3n) is 14.0. The molecule has 0 unspecified atom stereocenters. The minimum absolute atomic E-state index is 0.958. The molecule has 0 N–H and O–H groups in total. The first-order chi connectivity index (χ1) is 33.8. The largest absolute Gasteiger partial charge is 0.314 e. The average molecular weight is 867 g/mol. The summed E-state index contributed by atoms with van der Waals surface area (Å²) in [5.74, 6) is 0. The number of hydrogen-bond acceptors (Lipinski definition) is 2. The van der Waals surface area contributed by atoms with E-state index in [0.29, 0.717) is 0 Å². The molecular weight excluding hydrogens is 821 g/mol. The highest BCUT2D eigenvalue weighted by atomic mass is 15.2. The molecule has 0 spiro atoms. The molecule has 12 aromatic carbocycles. The minimum atomic E-state index is 0.958. The Morgan fingerprint density at radius 3 is 1.13 bits per heavy atom. The lowest BCUT2D eigenvalue weighted by atomic mass is 9.82. The van der Waals surface area contributed by atoms with Crippen LogP contribution < -0.4 is 9.80 Å². The van der Waals surface area contributed by atoms with Crippen molar-refractivity contribution in [3.63, 3.8) is 0 Å². The van der Waals surface area contributed by atoms with Crippen molar-refractivity contribution in [1.82, 2.24) is 0 Å². The number of nitrogens with zero attached hydrogens (tertiary/aromatic N) is 2. The van der Waals surface area contributed by atoms with E-state index in [1.165, 1.54) is 92.6 Å². The summed E-state index contributed by atoms with van der Waals surface area (Å²) in [5, 5.41) is 14.8. The second-order valence-corrected chi connectivity index (χ2v) is 17.9. The Morgan fingerprint density at radius 2 is 0.676 bits per heavy atom. The molecule has 0 aliphatic heterocycles. The van der Waals surface area contributed by atoms with Crippen LogP contribution in [0.15, 0.2) is 261 Å². The molecular formula is C66H46N2. The van der Waals surface area contributed by atoms with Crippen molar-refractivity contribution in [3.05, 3.63) is 261 Å². The number of hydrogen-bond donors (Lipinski definition) is 0. The first-order valence-corrected chi connectivity index (χ1v) is 23.7. The van der Waals surface area contributed by atoms with E-state index in [-0.39, 0.29) is 0 Å². The molecule has 12 aromatic rings. The van der Waals surface area contributed by atoms with Crippen molar-refractivity contribution in [2.45, 2.75) is 12.8 Å². The Labute approximate surface area is 396 Å². The van der Waals surface area contributed by atoms with Crippen LogP contribution in [0.25, 0.3) is 86.9 Å². The molecule has 0 bridgehead atoms. The second kappa shape index (κ2) is 16.6. The molecule has 0 atom stereocenters. The minimum Gasteiger partial charge on any atom is -0.314 e. The van der Waals surface area contributed by atoms with Crippen LogP contribution in [-0.4, -0.2) is 0 Å². The fourth-order valence-corrected chi connectivity index (χ4v) is 11.0. The molecule has 0 heterocycles. The summed E-state index contributed by atoms with van der Waals surface area (Å²) in [5.41, 5.74) is 11.8. The van der Waals surface area contributed by atoms with Crippen LogP contribution >= 0.6 is 0 Å². The smallest absolute Gasteiger partial charge is 0.0468 e. The summed E-state index contributed by atoms with van der Waals surface area (Å²) in [6.07, 6.45) is 8.74. The maximum Gasteiger partial charge on any atom is 0.0468 e. The van der Waals surface area contributed by atoms with Crippen LogP contribution in [0.5, 0.6) is 0 Å². The normalized spacial score (nSPS) is 12.6. The van der Waals surface area contributed by atoms with Crippen molar-refractivity contribution in [1.29, 1.82) is 0 Å². The van der Waals surface area contributed by atoms with Gasteiger partial charge in [-0.1, -0.05) is 176 Å². The van der Waals surface area contributed by atoms with Gasteiger partial charge in [-0.3, -0.25) is 0 Å². The van der Waals surface area contributed by atoms with Crippen LogP contribution in [0, 0.1) is 0 Å². The Kier molecular flexibility index (Phi) is 9.68. The molecule has 0 amide bonds. The van der Waals surface area contributed by atoms with Gasteiger partial charge < -0.3 is 9.80 Å². The fourth-order valence-electron chi connectivity index (χ4n) is 11.0. The zero-order chi connectivity index (χ0) is 45.0. The maximum absolute atomic E-state index is 2.49. The molecule has 0 saturated heterocycles. The molecule has 0 radical (unpaired) electrons. The molecule has 2 nitrogen and oxygen atoms in total. The van der Waals surface area contributed by atoms with Gasteiger partial charge in [0.05, 0.1) is 0 Å². The van der Waals surface area contributed by atoms with Crippen LogP contribution in [-0.2, 0) is 0 Å². The molecule has 0 aromatic heterocycles. The van der Waals surface area contributed by atoms with Gasteiger partial charge in [-0.15, -0.1) is 0 Å². The molecule has 320 valence electrons. The van der Waals surface area contributed by atoms with Gasteiger partial charge in [0.2, 0.25) is 0 Å². The van der Waals surface area contributed by atoms with Crippen LogP contribution in [0.4, 0.5) is 28.4 Å². The highest BCUT2D eigenvalue weighted by Crippen LogP contribution is 2.51. The van der Waals surface area contributed by atoms with Gasteiger partial charge in [-0.25, -0.2) is 0 Å². The van der Waals surface area contributed by atoms with Gasteiger partial charge in [0.15, 0.2) is 0 Å². The van der Waals surface area contributed by atoms with Gasteiger partial charge in [0.25, 0.3) is 0 Å². The average Bonchev–Trinajstić information content (AvgIpc) is 3.41. The summed E-state index contributed by atoms with van der Waals surface area (Å²) in [6.45, 7) is 0. The molecule has 1 aliphatic carbocycles. The van der Waals surface area contributed by atoms with Gasteiger partial charge in [0.1, 0.15) is 0 Å². The number of para-hydroxylation sites is 3. The molecule has 0 fully saturated rings. The Hall–Kier alpha value is -8.72. The molecule has 0 saturated carbocycles. The lowest BCUT2D eigenvalue weighted by Gasteiger charge is -2.30. The van der Waals surface area contributed by atoms with E-state index in [2.05, 4.69) is 265 Å². The highest BCUT2D eigenvalue weighted by Gasteiger charge is 2.25. The molecule has 68 heavy (non-hydrogen) atoms. The number of allylic oxidation sites excluding steroid dienone is 4. The Balaban J connectivity index is 1.22. The summed E-state index contributed by atoms with van der Waals surface area (Å²) >= 11 is 0. The van der Waals surface area contributed by atoms with Gasteiger partial charge in [-0.05, 0) is 179 Å². The topological polar surface area (TPSA) is 6.48 Å². The summed E-state index contributed by atoms with van der Waals surface area (Å²) < 4.78 is 0. The summed E-state index contributed by atoms with van der Waals surface area (Å²) in [7, 11) is 0. The van der Waals surface area contributed by atoms with E-state index in [1.807, 2.05) is 0 Å². The predicted molar refractivity (Wildman–Crippen MR) is 292 cm³/mol. The van der Waals surface area contributed by atoms with Crippen LogP contribution in [0.1, 0.15) is 12.8 Å². The van der Waals surface area contributed by atoms with Crippen molar-refractivity contribution in [3.8, 4) is 22.3 Å². The monoisotopic (exact) mass is 866 g/mol. The van der Waals surface area contributed by atoms with E-state index >= 15 is 0 Å². The molecule has 1 aliphatic rings. The van der Waals surface area contributed by atoms with Crippen molar-refractivity contribution in [2.75, 3.05) is 9.80 Å². The van der Waals surface area contributed by atoms with Crippen LogP contribution in [0.2, 0.25) is 0 Å². The highest BCUT2D eigenvalue weighted by molar-refractivity contribution is 6.29. The Bertz CT molecular complexity index is 3920. The summed E-state index contributed by atoms with van der Waals surface area (Å²) in [4.78, 5) is 4.87. The second-order valence-electron chi connectivity index (χ2n) is 17.9. The van der Waals surface area contributed by atoms with E-state index in [4.69, 9.17) is 0 Å². The van der Waals surface area contributed by atoms with E-state index in [1.54, 1.807) is 0 Å². The summed E-state index contributed by atoms with van der Waals surface area (Å²) in [6, 6.07) is 87.5. The number of rotatable bonds is 8. The third kappa shape index (κ3) is 6.64. The maximum atomic E-state index is 2.49. The number of fused-ring (bicyclic) bond motifs is 8. The van der Waals surface area contributed by atoms with Gasteiger partial charge in [0, 0.05) is 34.1 Å². The van der Waals surface area contributed by atoms with E-state index in [0.717, 1.165) is 41.3 Å². The lowest BCUT2D eigenvalue weighted by Crippen LogP contribution is -2.17. The predicted octanol–water partition coefficient (Wildman–Crippen LogP) is 18.8. The van der Waals surface area contributed by atoms with Crippen molar-refractivity contribution in [2.24, 2.45) is 0 Å². The number of benzene rings is 12. The lowest BCUT2D eigenvalue weighted by molar-refractivity contribution is 0.918. The Morgan fingerprint density at radius 1 is 0.279 bits per heavy atom. The standard InChI is InChI=1S/C66H46N2/c1-5-23-47(24-6-1)67(48-25-7-2-8-26-48)51-37-39-59-63(43-51)65(61-41-45-21-13-15-31-53(45)55-33-17-19-35-57(55)61)60-40-38-52(68(49-27-9-3-10-28-49)50-29-11-4-12-30-50)44-64(60)66(59)62-42-46-22-14-16-32-54(46)56-34-18-20-36-58(56)62/h1-11,13-29,31-44H,12,30H2. The van der Waals surface area contributed by atoms with E-state index in [9.17, 15) is 0 Å². The zero-order valence-electron chi connectivity index (χ0n) is 37.6. The van der Waals surface area contributed by atoms with Gasteiger partial charge >= 0.3 is 0 Å². The third-order valence-corrected chi connectivity index (χ3v) is 14.0.